The molecule has 0 amide bonds. The van der Waals surface area contributed by atoms with Crippen molar-refractivity contribution in [3.8, 4) is 0 Å². The van der Waals surface area contributed by atoms with Gasteiger partial charge in [0.15, 0.2) is 0 Å². The van der Waals surface area contributed by atoms with E-state index in [-0.39, 0.29) is 12.1 Å². The first kappa shape index (κ1) is 11.3. The molecule has 0 radical (unpaired) electrons. The van der Waals surface area contributed by atoms with E-state index in [0.29, 0.717) is 11.6 Å². The molecule has 0 aromatic rings. The topological polar surface area (TPSA) is 32.3 Å². The van der Waals surface area contributed by atoms with E-state index in [1.165, 1.54) is 12.0 Å². The molecule has 0 aromatic heterocycles. The number of hydrogen-bond donors (Lipinski definition) is 2. The predicted octanol–water partition coefficient (Wildman–Crippen LogP) is 2.20. The number of aliphatic hydroxyl groups is 1. The Morgan fingerprint density at radius 2 is 2.15 bits per heavy atom. The van der Waals surface area contributed by atoms with Crippen molar-refractivity contribution in [2.45, 2.75) is 37.8 Å². The molecule has 1 saturated carbocycles. The minimum Gasteiger partial charge on any atom is -0.392 e. The zero-order valence-electron chi connectivity index (χ0n) is 7.47. The van der Waals surface area contributed by atoms with Crippen LogP contribution in [0.5, 0.6) is 0 Å². The molecule has 76 valence electrons. The molecule has 0 aromatic carbocycles. The summed E-state index contributed by atoms with van der Waals surface area (Å²) in [6.07, 6.45) is 3.98. The first-order valence-electron chi connectivity index (χ1n) is 4.60. The van der Waals surface area contributed by atoms with Crippen molar-refractivity contribution in [1.29, 1.82) is 0 Å². The molecule has 2 unspecified atom stereocenters. The lowest BCUT2D eigenvalue weighted by Crippen LogP contribution is -2.42. The van der Waals surface area contributed by atoms with Gasteiger partial charge in [0.25, 0.3) is 0 Å². The maximum Gasteiger partial charge on any atom is 0.0693 e. The van der Waals surface area contributed by atoms with Gasteiger partial charge in [-0.1, -0.05) is 36.0 Å². The van der Waals surface area contributed by atoms with Gasteiger partial charge in [0.05, 0.1) is 6.10 Å². The Hall–Kier alpha value is 0.240. The van der Waals surface area contributed by atoms with Gasteiger partial charge in [-0.05, 0) is 12.8 Å². The van der Waals surface area contributed by atoms with Gasteiger partial charge in [-0.2, -0.15) is 0 Å². The molecule has 1 fully saturated rings. The third-order valence-corrected chi connectivity index (χ3v) is 3.00. The average Bonchev–Trinajstić information content (AvgIpc) is 2.16. The fourth-order valence-electron chi connectivity index (χ4n) is 1.62. The van der Waals surface area contributed by atoms with Crippen LogP contribution < -0.4 is 5.32 Å². The van der Waals surface area contributed by atoms with Gasteiger partial charge in [0.1, 0.15) is 0 Å². The molecule has 0 spiro atoms. The van der Waals surface area contributed by atoms with E-state index in [1.54, 1.807) is 0 Å². The Labute approximate surface area is 88.9 Å². The highest BCUT2D eigenvalue weighted by atomic mass is 35.5. The minimum absolute atomic E-state index is 0.180. The molecule has 0 aliphatic heterocycles. The molecule has 2 atom stereocenters. The number of aliphatic hydroxyl groups excluding tert-OH is 1. The highest BCUT2D eigenvalue weighted by Crippen LogP contribution is 2.18. The third-order valence-electron chi connectivity index (χ3n) is 2.38. The van der Waals surface area contributed by atoms with E-state index in [0.717, 1.165) is 19.3 Å². The summed E-state index contributed by atoms with van der Waals surface area (Å²) in [6.45, 7) is 0.548. The Kier molecular flexibility index (Phi) is 5.10. The average molecular weight is 224 g/mol. The molecule has 1 aliphatic rings. The van der Waals surface area contributed by atoms with Crippen molar-refractivity contribution in [1.82, 2.24) is 5.32 Å². The lowest BCUT2D eigenvalue weighted by molar-refractivity contribution is 0.0927. The van der Waals surface area contributed by atoms with Crippen molar-refractivity contribution in [3.05, 3.63) is 10.6 Å². The van der Waals surface area contributed by atoms with Gasteiger partial charge in [-0.3, -0.25) is 0 Å². The van der Waals surface area contributed by atoms with Gasteiger partial charge in [0, 0.05) is 23.2 Å². The number of rotatable bonds is 3. The summed E-state index contributed by atoms with van der Waals surface area (Å²) in [5, 5.41) is 13.4. The van der Waals surface area contributed by atoms with Crippen molar-refractivity contribution < 1.29 is 5.11 Å². The molecule has 2 N–H and O–H groups in total. The Balaban J connectivity index is 2.26. The summed E-state index contributed by atoms with van der Waals surface area (Å²) >= 11 is 11.1. The standard InChI is InChI=1S/C9H15Cl2NO/c10-5-7(11)6-12-8-3-1-2-4-9(8)13/h5,8-9,12-13H,1-4,6H2/b7-5-. The van der Waals surface area contributed by atoms with Crippen LogP contribution in [-0.2, 0) is 0 Å². The van der Waals surface area contributed by atoms with Crippen LogP contribution in [-0.4, -0.2) is 23.8 Å². The molecule has 13 heavy (non-hydrogen) atoms. The summed E-state index contributed by atoms with van der Waals surface area (Å²) in [5.41, 5.74) is 1.35. The van der Waals surface area contributed by atoms with Crippen LogP contribution in [0.3, 0.4) is 0 Å². The van der Waals surface area contributed by atoms with E-state index in [4.69, 9.17) is 23.2 Å². The van der Waals surface area contributed by atoms with E-state index in [9.17, 15) is 5.11 Å². The van der Waals surface area contributed by atoms with Crippen molar-refractivity contribution >= 4 is 23.2 Å². The van der Waals surface area contributed by atoms with Gasteiger partial charge < -0.3 is 10.4 Å². The molecule has 0 heterocycles. The SMILES string of the molecule is OC1CCCCC1NC/C(Cl)=C/Cl. The van der Waals surface area contributed by atoms with Crippen LogP contribution in [0.4, 0.5) is 0 Å². The second-order valence-electron chi connectivity index (χ2n) is 3.40. The fraction of sp³-hybridized carbons (Fsp3) is 0.778. The zero-order chi connectivity index (χ0) is 9.68. The second kappa shape index (κ2) is 5.86. The van der Waals surface area contributed by atoms with Gasteiger partial charge in [-0.25, -0.2) is 0 Å². The molecule has 2 nitrogen and oxygen atoms in total. The Morgan fingerprint density at radius 1 is 1.46 bits per heavy atom. The Bertz CT molecular complexity index is 184. The van der Waals surface area contributed by atoms with Crippen LogP contribution in [0.25, 0.3) is 0 Å². The second-order valence-corrected chi connectivity index (χ2v) is 4.10. The zero-order valence-corrected chi connectivity index (χ0v) is 8.98. The van der Waals surface area contributed by atoms with Crippen LogP contribution >= 0.6 is 23.2 Å². The van der Waals surface area contributed by atoms with Crippen LogP contribution in [0.2, 0.25) is 0 Å². The van der Waals surface area contributed by atoms with E-state index in [2.05, 4.69) is 5.32 Å². The lowest BCUT2D eigenvalue weighted by atomic mass is 9.93. The molecular weight excluding hydrogens is 209 g/mol. The molecule has 0 bridgehead atoms. The van der Waals surface area contributed by atoms with Gasteiger partial charge in [-0.15, -0.1) is 0 Å². The maximum absolute atomic E-state index is 9.60. The Morgan fingerprint density at radius 3 is 2.77 bits per heavy atom. The number of nitrogens with one attached hydrogen (secondary N) is 1. The van der Waals surface area contributed by atoms with Gasteiger partial charge >= 0.3 is 0 Å². The van der Waals surface area contributed by atoms with Crippen LogP contribution in [0.1, 0.15) is 25.7 Å². The summed E-state index contributed by atoms with van der Waals surface area (Å²) in [4.78, 5) is 0. The summed E-state index contributed by atoms with van der Waals surface area (Å²) < 4.78 is 0. The lowest BCUT2D eigenvalue weighted by Gasteiger charge is -2.28. The highest BCUT2D eigenvalue weighted by Gasteiger charge is 2.21. The van der Waals surface area contributed by atoms with Crippen molar-refractivity contribution in [2.75, 3.05) is 6.54 Å². The summed E-state index contributed by atoms with van der Waals surface area (Å²) in [7, 11) is 0. The van der Waals surface area contributed by atoms with Crippen molar-refractivity contribution in [2.24, 2.45) is 0 Å². The monoisotopic (exact) mass is 223 g/mol. The summed E-state index contributed by atoms with van der Waals surface area (Å²) in [6, 6.07) is 0.180. The molecule has 1 aliphatic carbocycles. The highest BCUT2D eigenvalue weighted by molar-refractivity contribution is 6.36. The first-order valence-corrected chi connectivity index (χ1v) is 5.41. The van der Waals surface area contributed by atoms with Crippen LogP contribution in [0.15, 0.2) is 10.6 Å². The molecule has 4 heteroatoms. The molecule has 0 saturated heterocycles. The fourth-order valence-corrected chi connectivity index (χ4v) is 1.77. The quantitative estimate of drug-likeness (QED) is 0.770. The molecule has 1 rings (SSSR count). The van der Waals surface area contributed by atoms with Crippen molar-refractivity contribution in [3.63, 3.8) is 0 Å². The number of hydrogen-bond acceptors (Lipinski definition) is 2. The van der Waals surface area contributed by atoms with E-state index in [1.807, 2.05) is 0 Å². The predicted molar refractivity (Wildman–Crippen MR) is 56.1 cm³/mol. The van der Waals surface area contributed by atoms with E-state index < -0.39 is 0 Å². The smallest absolute Gasteiger partial charge is 0.0693 e. The normalized spacial score (nSPS) is 30.5. The summed E-state index contributed by atoms with van der Waals surface area (Å²) in [5.74, 6) is 0. The minimum atomic E-state index is -0.228. The largest absolute Gasteiger partial charge is 0.392 e. The van der Waals surface area contributed by atoms with Gasteiger partial charge in [0.2, 0.25) is 0 Å². The van der Waals surface area contributed by atoms with E-state index >= 15 is 0 Å². The third kappa shape index (κ3) is 3.86. The first-order chi connectivity index (χ1) is 6.24. The maximum atomic E-state index is 9.60. The molecular formula is C9H15Cl2NO. The van der Waals surface area contributed by atoms with Crippen LogP contribution in [0, 0.1) is 0 Å². The number of halogens is 2.